The van der Waals surface area contributed by atoms with Crippen LogP contribution in [0.5, 0.6) is 0 Å². The average molecular weight is 400 g/mol. The second-order valence-electron chi connectivity index (χ2n) is 5.96. The lowest BCUT2D eigenvalue weighted by molar-refractivity contribution is 0.0951. The second kappa shape index (κ2) is 8.79. The minimum Gasteiger partial charge on any atom is -0.348 e. The van der Waals surface area contributed by atoms with Crippen molar-refractivity contribution in [2.45, 2.75) is 18.4 Å². The molecular formula is C20H18ClN3O2S. The van der Waals surface area contributed by atoms with Crippen molar-refractivity contribution in [3.8, 4) is 0 Å². The third-order valence-corrected chi connectivity index (χ3v) is 5.12. The molecule has 27 heavy (non-hydrogen) atoms. The van der Waals surface area contributed by atoms with Gasteiger partial charge in [0.2, 0.25) is 0 Å². The summed E-state index contributed by atoms with van der Waals surface area (Å²) in [6, 6.07) is 15.9. The van der Waals surface area contributed by atoms with Gasteiger partial charge in [0.15, 0.2) is 0 Å². The number of amides is 1. The Hall–Kier alpha value is -2.70. The number of nitrogens with zero attached hydrogens (tertiary/aromatic N) is 1. The van der Waals surface area contributed by atoms with Crippen molar-refractivity contribution in [2.24, 2.45) is 0 Å². The average Bonchev–Trinajstić information content (AvgIpc) is 2.67. The zero-order chi connectivity index (χ0) is 19.2. The highest BCUT2D eigenvalue weighted by atomic mass is 35.5. The van der Waals surface area contributed by atoms with Crippen molar-refractivity contribution in [2.75, 3.05) is 4.72 Å². The van der Waals surface area contributed by atoms with E-state index in [9.17, 15) is 9.00 Å². The van der Waals surface area contributed by atoms with Gasteiger partial charge in [0.05, 0.1) is 4.90 Å². The minimum atomic E-state index is -1.45. The molecule has 3 aromatic rings. The molecule has 0 radical (unpaired) electrons. The van der Waals surface area contributed by atoms with Crippen molar-refractivity contribution in [1.29, 1.82) is 0 Å². The van der Waals surface area contributed by atoms with E-state index >= 15 is 0 Å². The molecule has 138 valence electrons. The molecule has 1 heterocycles. The van der Waals surface area contributed by atoms with E-state index in [-0.39, 0.29) is 5.91 Å². The number of pyridine rings is 1. The number of hydrogen-bond donors (Lipinski definition) is 2. The number of nitrogens with one attached hydrogen (secondary N) is 2. The van der Waals surface area contributed by atoms with E-state index in [0.717, 1.165) is 11.1 Å². The molecule has 1 aromatic heterocycles. The summed E-state index contributed by atoms with van der Waals surface area (Å²) in [7, 11) is -1.45. The number of halogens is 1. The Labute approximate surface area is 165 Å². The Morgan fingerprint density at radius 1 is 1.15 bits per heavy atom. The summed E-state index contributed by atoms with van der Waals surface area (Å²) in [5.74, 6) is -0.273. The van der Waals surface area contributed by atoms with E-state index in [1.165, 1.54) is 0 Å². The van der Waals surface area contributed by atoms with E-state index in [4.69, 9.17) is 11.6 Å². The van der Waals surface area contributed by atoms with Crippen molar-refractivity contribution in [3.05, 3.63) is 88.7 Å². The number of aryl methyl sites for hydroxylation is 1. The van der Waals surface area contributed by atoms with E-state index < -0.39 is 11.0 Å². The van der Waals surface area contributed by atoms with Crippen LogP contribution in [-0.4, -0.2) is 15.1 Å². The van der Waals surface area contributed by atoms with Gasteiger partial charge >= 0.3 is 0 Å². The van der Waals surface area contributed by atoms with Crippen LogP contribution in [0.25, 0.3) is 0 Å². The number of aromatic nitrogens is 1. The fourth-order valence-corrected chi connectivity index (χ4v) is 3.46. The summed E-state index contributed by atoms with van der Waals surface area (Å²) < 4.78 is 15.4. The highest BCUT2D eigenvalue weighted by molar-refractivity contribution is 7.86. The SMILES string of the molecule is Cc1ccc(S(=O)Nc2cc(Cl)cc(C(=O)NCc3cccnc3)c2)cc1. The van der Waals surface area contributed by atoms with Crippen LogP contribution in [0.15, 0.2) is 71.9 Å². The van der Waals surface area contributed by atoms with Crippen LogP contribution in [0.2, 0.25) is 5.02 Å². The predicted octanol–water partition coefficient (Wildman–Crippen LogP) is 4.11. The predicted molar refractivity (Wildman–Crippen MR) is 108 cm³/mol. The Morgan fingerprint density at radius 2 is 1.93 bits per heavy atom. The first kappa shape index (κ1) is 19.1. The second-order valence-corrected chi connectivity index (χ2v) is 7.61. The minimum absolute atomic E-state index is 0.273. The van der Waals surface area contributed by atoms with Gasteiger partial charge in [-0.1, -0.05) is 35.4 Å². The fraction of sp³-hybridized carbons (Fsp3) is 0.100. The van der Waals surface area contributed by atoms with Crippen molar-refractivity contribution in [1.82, 2.24) is 10.3 Å². The molecule has 2 N–H and O–H groups in total. The van der Waals surface area contributed by atoms with Crippen LogP contribution in [0.3, 0.4) is 0 Å². The molecule has 0 fully saturated rings. The molecule has 0 aliphatic rings. The first-order chi connectivity index (χ1) is 13.0. The lowest BCUT2D eigenvalue weighted by Gasteiger charge is -2.10. The number of anilines is 1. The van der Waals surface area contributed by atoms with Gasteiger partial charge < -0.3 is 10.0 Å². The van der Waals surface area contributed by atoms with Crippen LogP contribution in [0.4, 0.5) is 5.69 Å². The molecule has 1 amide bonds. The molecule has 0 aliphatic carbocycles. The lowest BCUT2D eigenvalue weighted by atomic mass is 10.2. The highest BCUT2D eigenvalue weighted by Crippen LogP contribution is 2.21. The van der Waals surface area contributed by atoms with Gasteiger partial charge in [-0.2, -0.15) is 0 Å². The van der Waals surface area contributed by atoms with Gasteiger partial charge in [0.25, 0.3) is 5.91 Å². The van der Waals surface area contributed by atoms with Gasteiger partial charge in [-0.15, -0.1) is 0 Å². The molecule has 1 atom stereocenters. The van der Waals surface area contributed by atoms with Crippen LogP contribution < -0.4 is 10.0 Å². The lowest BCUT2D eigenvalue weighted by Crippen LogP contribution is -2.23. The van der Waals surface area contributed by atoms with E-state index in [1.54, 1.807) is 42.7 Å². The number of hydrogen-bond acceptors (Lipinski definition) is 3. The van der Waals surface area contributed by atoms with Crippen LogP contribution in [0.1, 0.15) is 21.5 Å². The standard InChI is InChI=1S/C20H18ClN3O2S/c1-14-4-6-19(7-5-14)27(26)24-18-10-16(9-17(21)11-18)20(25)23-13-15-3-2-8-22-12-15/h2-12,24H,13H2,1H3,(H,23,25). The van der Waals surface area contributed by atoms with Crippen molar-refractivity contribution < 1.29 is 9.00 Å². The molecule has 7 heteroatoms. The Morgan fingerprint density at radius 3 is 2.63 bits per heavy atom. The smallest absolute Gasteiger partial charge is 0.251 e. The van der Waals surface area contributed by atoms with E-state index in [0.29, 0.717) is 27.7 Å². The Balaban J connectivity index is 1.70. The molecule has 2 aromatic carbocycles. The first-order valence-electron chi connectivity index (χ1n) is 8.24. The third-order valence-electron chi connectivity index (χ3n) is 3.78. The van der Waals surface area contributed by atoms with Crippen LogP contribution >= 0.6 is 11.6 Å². The summed E-state index contributed by atoms with van der Waals surface area (Å²) in [4.78, 5) is 17.1. The number of rotatable bonds is 6. The molecule has 5 nitrogen and oxygen atoms in total. The summed E-state index contributed by atoms with van der Waals surface area (Å²) in [5, 5.41) is 3.20. The summed E-state index contributed by atoms with van der Waals surface area (Å²) >= 11 is 6.13. The summed E-state index contributed by atoms with van der Waals surface area (Å²) in [6.45, 7) is 2.32. The highest BCUT2D eigenvalue weighted by Gasteiger charge is 2.11. The van der Waals surface area contributed by atoms with Gasteiger partial charge in [-0.25, -0.2) is 4.21 Å². The van der Waals surface area contributed by atoms with Gasteiger partial charge in [0, 0.05) is 35.2 Å². The first-order valence-corrected chi connectivity index (χ1v) is 9.77. The topological polar surface area (TPSA) is 71.1 Å². The summed E-state index contributed by atoms with van der Waals surface area (Å²) in [6.07, 6.45) is 3.37. The van der Waals surface area contributed by atoms with Crippen molar-refractivity contribution in [3.63, 3.8) is 0 Å². The van der Waals surface area contributed by atoms with Gasteiger partial charge in [-0.05, 0) is 48.9 Å². The molecular weight excluding hydrogens is 382 g/mol. The fourth-order valence-electron chi connectivity index (χ4n) is 2.39. The largest absolute Gasteiger partial charge is 0.348 e. The molecule has 0 saturated carbocycles. The maximum absolute atomic E-state index is 12.5. The molecule has 3 rings (SSSR count). The Bertz CT molecular complexity index is 963. The molecule has 0 spiro atoms. The molecule has 1 unspecified atom stereocenters. The van der Waals surface area contributed by atoms with Crippen LogP contribution in [0, 0.1) is 6.92 Å². The quantitative estimate of drug-likeness (QED) is 0.655. The molecule has 0 saturated heterocycles. The normalized spacial score (nSPS) is 11.6. The van der Waals surface area contributed by atoms with Gasteiger partial charge in [0.1, 0.15) is 11.0 Å². The maximum Gasteiger partial charge on any atom is 0.251 e. The number of carbonyl (C=O) groups excluding carboxylic acids is 1. The summed E-state index contributed by atoms with van der Waals surface area (Å²) in [5.41, 5.74) is 2.88. The Kier molecular flexibility index (Phi) is 6.21. The van der Waals surface area contributed by atoms with E-state index in [2.05, 4.69) is 15.0 Å². The zero-order valence-corrected chi connectivity index (χ0v) is 16.2. The van der Waals surface area contributed by atoms with Crippen LogP contribution in [-0.2, 0) is 17.5 Å². The number of carbonyl (C=O) groups is 1. The van der Waals surface area contributed by atoms with E-state index in [1.807, 2.05) is 31.2 Å². The molecule has 0 bridgehead atoms. The zero-order valence-electron chi connectivity index (χ0n) is 14.6. The maximum atomic E-state index is 12.5. The third kappa shape index (κ3) is 5.39. The number of benzene rings is 2. The van der Waals surface area contributed by atoms with Crippen molar-refractivity contribution >= 4 is 34.2 Å². The molecule has 0 aliphatic heterocycles. The monoisotopic (exact) mass is 399 g/mol. The van der Waals surface area contributed by atoms with Gasteiger partial charge in [-0.3, -0.25) is 9.78 Å².